The van der Waals surface area contributed by atoms with Crippen molar-refractivity contribution in [1.29, 1.82) is 0 Å². The lowest BCUT2D eigenvalue weighted by molar-refractivity contribution is 0.322. The number of anilines is 2. The smallest absolute Gasteiger partial charge is 0.239 e. The first kappa shape index (κ1) is 12.1. The number of nitrogen functional groups attached to an aromatic ring is 1. The second-order valence-corrected chi connectivity index (χ2v) is 4.53. The quantitative estimate of drug-likeness (QED) is 0.524. The van der Waals surface area contributed by atoms with E-state index in [4.69, 9.17) is 5.84 Å². The Morgan fingerprint density at radius 3 is 3.06 bits per heavy atom. The minimum absolute atomic E-state index is 0.442. The molecule has 1 aromatic rings. The molecule has 1 atom stereocenters. The molecule has 0 saturated carbocycles. The van der Waals surface area contributed by atoms with Gasteiger partial charge >= 0.3 is 0 Å². The van der Waals surface area contributed by atoms with Crippen LogP contribution >= 0.6 is 0 Å². The fraction of sp³-hybridized carbons (Fsp3) is 0.636. The van der Waals surface area contributed by atoms with Crippen molar-refractivity contribution in [2.75, 3.05) is 30.9 Å². The van der Waals surface area contributed by atoms with Gasteiger partial charge in [0, 0.05) is 24.3 Å². The standard InChI is InChI=1S/C11H20N6/c1-8-6-14-11(16-12)15-10(8)13-7-9-4-3-5-17(9)2/h6,9H,3-5,7,12H2,1-2H3,(H2,13,14,15,16). The van der Waals surface area contributed by atoms with Gasteiger partial charge in [0.15, 0.2) is 0 Å². The molecule has 94 valence electrons. The van der Waals surface area contributed by atoms with Gasteiger partial charge in [-0.05, 0) is 33.4 Å². The first-order valence-corrected chi connectivity index (χ1v) is 5.95. The molecule has 2 rings (SSSR count). The molecule has 1 saturated heterocycles. The topological polar surface area (TPSA) is 79.1 Å². The molecule has 0 bridgehead atoms. The molecule has 1 aliphatic rings. The summed E-state index contributed by atoms with van der Waals surface area (Å²) in [6, 6.07) is 0.596. The molecule has 1 fully saturated rings. The molecule has 1 unspecified atom stereocenters. The van der Waals surface area contributed by atoms with Gasteiger partial charge in [0.05, 0.1) is 0 Å². The number of hydrogen-bond acceptors (Lipinski definition) is 6. The van der Waals surface area contributed by atoms with Crippen molar-refractivity contribution in [2.45, 2.75) is 25.8 Å². The summed E-state index contributed by atoms with van der Waals surface area (Å²) in [5.41, 5.74) is 3.49. The number of hydrazine groups is 1. The van der Waals surface area contributed by atoms with E-state index >= 15 is 0 Å². The average Bonchev–Trinajstić information content (AvgIpc) is 2.74. The van der Waals surface area contributed by atoms with Crippen molar-refractivity contribution in [3.05, 3.63) is 11.8 Å². The second kappa shape index (κ2) is 5.29. The van der Waals surface area contributed by atoms with Crippen LogP contribution in [0.5, 0.6) is 0 Å². The van der Waals surface area contributed by atoms with Crippen LogP contribution in [-0.4, -0.2) is 41.0 Å². The van der Waals surface area contributed by atoms with Crippen LogP contribution in [0.2, 0.25) is 0 Å². The first-order valence-electron chi connectivity index (χ1n) is 5.95. The summed E-state index contributed by atoms with van der Waals surface area (Å²) >= 11 is 0. The summed E-state index contributed by atoms with van der Waals surface area (Å²) in [6.07, 6.45) is 4.29. The number of likely N-dealkylation sites (N-methyl/N-ethyl adjacent to an activating group) is 1. The SMILES string of the molecule is Cc1cnc(NN)nc1NCC1CCCN1C. The van der Waals surface area contributed by atoms with Gasteiger partial charge < -0.3 is 10.2 Å². The van der Waals surface area contributed by atoms with Crippen molar-refractivity contribution >= 4 is 11.8 Å². The van der Waals surface area contributed by atoms with E-state index in [1.54, 1.807) is 6.20 Å². The fourth-order valence-electron chi connectivity index (χ4n) is 2.14. The van der Waals surface area contributed by atoms with E-state index in [1.807, 2.05) is 6.92 Å². The number of aromatic nitrogens is 2. The van der Waals surface area contributed by atoms with E-state index in [1.165, 1.54) is 19.4 Å². The lowest BCUT2D eigenvalue weighted by atomic mass is 10.2. The number of likely N-dealkylation sites (tertiary alicyclic amines) is 1. The molecule has 6 nitrogen and oxygen atoms in total. The maximum atomic E-state index is 5.30. The van der Waals surface area contributed by atoms with E-state index in [-0.39, 0.29) is 0 Å². The molecule has 6 heteroatoms. The highest BCUT2D eigenvalue weighted by atomic mass is 15.3. The van der Waals surface area contributed by atoms with Gasteiger partial charge in [0.1, 0.15) is 5.82 Å². The monoisotopic (exact) mass is 236 g/mol. The minimum Gasteiger partial charge on any atom is -0.368 e. The van der Waals surface area contributed by atoms with Gasteiger partial charge in [-0.2, -0.15) is 4.98 Å². The number of nitrogens with zero attached hydrogens (tertiary/aromatic N) is 3. The van der Waals surface area contributed by atoms with Crippen LogP contribution in [0.15, 0.2) is 6.20 Å². The van der Waals surface area contributed by atoms with Crippen LogP contribution in [0.25, 0.3) is 0 Å². The molecule has 0 amide bonds. The molecule has 0 radical (unpaired) electrons. The summed E-state index contributed by atoms with van der Waals surface area (Å²) in [4.78, 5) is 10.7. The molecule has 17 heavy (non-hydrogen) atoms. The fourth-order valence-corrected chi connectivity index (χ4v) is 2.14. The highest BCUT2D eigenvalue weighted by Gasteiger charge is 2.20. The predicted octanol–water partition coefficient (Wildman–Crippen LogP) is 0.577. The maximum Gasteiger partial charge on any atom is 0.239 e. The zero-order valence-corrected chi connectivity index (χ0v) is 10.4. The third kappa shape index (κ3) is 2.83. The van der Waals surface area contributed by atoms with E-state index in [0.717, 1.165) is 17.9 Å². The van der Waals surface area contributed by atoms with E-state index in [9.17, 15) is 0 Å². The Morgan fingerprint density at radius 2 is 2.41 bits per heavy atom. The van der Waals surface area contributed by atoms with Gasteiger partial charge in [-0.25, -0.2) is 10.8 Å². The van der Waals surface area contributed by atoms with Gasteiger partial charge in [-0.15, -0.1) is 0 Å². The average molecular weight is 236 g/mol. The number of aryl methyl sites for hydroxylation is 1. The molecule has 0 aromatic carbocycles. The largest absolute Gasteiger partial charge is 0.368 e. The molecule has 4 N–H and O–H groups in total. The molecule has 2 heterocycles. The van der Waals surface area contributed by atoms with Crippen LogP contribution in [0.1, 0.15) is 18.4 Å². The summed E-state index contributed by atoms with van der Waals surface area (Å²) < 4.78 is 0. The van der Waals surface area contributed by atoms with Crippen molar-refractivity contribution in [1.82, 2.24) is 14.9 Å². The molecular weight excluding hydrogens is 216 g/mol. The van der Waals surface area contributed by atoms with Crippen molar-refractivity contribution in [3.63, 3.8) is 0 Å². The molecule has 0 spiro atoms. The van der Waals surface area contributed by atoms with Gasteiger partial charge in [-0.1, -0.05) is 0 Å². The second-order valence-electron chi connectivity index (χ2n) is 4.53. The Labute approximate surface area is 102 Å². The molecule has 1 aromatic heterocycles. The third-order valence-electron chi connectivity index (χ3n) is 3.28. The number of hydrogen-bond donors (Lipinski definition) is 3. The zero-order chi connectivity index (χ0) is 12.3. The van der Waals surface area contributed by atoms with E-state index < -0.39 is 0 Å². The lowest BCUT2D eigenvalue weighted by Gasteiger charge is -2.20. The van der Waals surface area contributed by atoms with Crippen molar-refractivity contribution in [3.8, 4) is 0 Å². The first-order chi connectivity index (χ1) is 8.20. The van der Waals surface area contributed by atoms with Crippen LogP contribution in [0, 0.1) is 6.92 Å². The Morgan fingerprint density at radius 1 is 1.59 bits per heavy atom. The van der Waals surface area contributed by atoms with E-state index in [0.29, 0.717) is 12.0 Å². The Balaban J connectivity index is 1.98. The van der Waals surface area contributed by atoms with Gasteiger partial charge in [0.25, 0.3) is 0 Å². The van der Waals surface area contributed by atoms with E-state index in [2.05, 4.69) is 32.7 Å². The number of rotatable bonds is 4. The molecule has 1 aliphatic heterocycles. The third-order valence-corrected chi connectivity index (χ3v) is 3.28. The zero-order valence-electron chi connectivity index (χ0n) is 10.4. The Kier molecular flexibility index (Phi) is 3.75. The minimum atomic E-state index is 0.442. The summed E-state index contributed by atoms with van der Waals surface area (Å²) in [5, 5.41) is 3.37. The molecular formula is C11H20N6. The van der Waals surface area contributed by atoms with Crippen LogP contribution < -0.4 is 16.6 Å². The lowest BCUT2D eigenvalue weighted by Crippen LogP contribution is -2.32. The predicted molar refractivity (Wildman–Crippen MR) is 68.7 cm³/mol. The highest BCUT2D eigenvalue weighted by Crippen LogP contribution is 2.17. The summed E-state index contributed by atoms with van der Waals surface area (Å²) in [5.74, 6) is 6.60. The van der Waals surface area contributed by atoms with Crippen molar-refractivity contribution < 1.29 is 0 Å². The Hall–Kier alpha value is -1.40. The van der Waals surface area contributed by atoms with Gasteiger partial charge in [-0.3, -0.25) is 5.43 Å². The van der Waals surface area contributed by atoms with Crippen LogP contribution in [0.3, 0.4) is 0 Å². The molecule has 0 aliphatic carbocycles. The maximum absolute atomic E-state index is 5.30. The Bertz CT molecular complexity index is 380. The highest BCUT2D eigenvalue weighted by molar-refractivity contribution is 5.46. The van der Waals surface area contributed by atoms with Crippen molar-refractivity contribution in [2.24, 2.45) is 5.84 Å². The number of nitrogens with one attached hydrogen (secondary N) is 2. The summed E-state index contributed by atoms with van der Waals surface area (Å²) in [7, 11) is 2.17. The number of nitrogens with two attached hydrogens (primary N) is 1. The summed E-state index contributed by atoms with van der Waals surface area (Å²) in [6.45, 7) is 4.09. The normalized spacial score (nSPS) is 20.5. The van der Waals surface area contributed by atoms with Crippen LogP contribution in [-0.2, 0) is 0 Å². The van der Waals surface area contributed by atoms with Crippen LogP contribution in [0.4, 0.5) is 11.8 Å². The van der Waals surface area contributed by atoms with Gasteiger partial charge in [0.2, 0.25) is 5.95 Å².